The first-order chi connectivity index (χ1) is 13.3. The molecule has 6 heteroatoms. The lowest BCUT2D eigenvalue weighted by Crippen LogP contribution is -2.41. The summed E-state index contributed by atoms with van der Waals surface area (Å²) >= 11 is 0. The normalized spacial score (nSPS) is 15.4. The molecule has 1 amide bonds. The van der Waals surface area contributed by atoms with E-state index in [0.29, 0.717) is 6.54 Å². The van der Waals surface area contributed by atoms with E-state index in [2.05, 4.69) is 39.9 Å². The van der Waals surface area contributed by atoms with Gasteiger partial charge in [-0.2, -0.15) is 0 Å². The molecule has 1 saturated heterocycles. The first kappa shape index (κ1) is 17.6. The van der Waals surface area contributed by atoms with Crippen molar-refractivity contribution in [1.82, 2.24) is 14.9 Å². The number of hydrogen-bond acceptors (Lipinski definition) is 4. The number of para-hydroxylation sites is 2. The molecule has 0 saturated carbocycles. The Bertz CT molecular complexity index is 892. The number of fused-ring (bicyclic) bond motifs is 1. The van der Waals surface area contributed by atoms with Gasteiger partial charge in [-0.25, -0.2) is 4.98 Å². The lowest BCUT2D eigenvalue weighted by Gasteiger charge is -2.32. The van der Waals surface area contributed by atoms with Gasteiger partial charge in [0.1, 0.15) is 5.76 Å². The fraction of sp³-hybridized carbons (Fsp3) is 0.429. The van der Waals surface area contributed by atoms with Crippen LogP contribution in [0, 0.1) is 5.92 Å². The molecule has 0 spiro atoms. The highest BCUT2D eigenvalue weighted by Crippen LogP contribution is 2.27. The monoisotopic (exact) mass is 366 g/mol. The van der Waals surface area contributed by atoms with Crippen molar-refractivity contribution in [2.24, 2.45) is 5.92 Å². The van der Waals surface area contributed by atoms with Gasteiger partial charge in [0.2, 0.25) is 11.9 Å². The Kier molecular flexibility index (Phi) is 5.14. The minimum absolute atomic E-state index is 0.0558. The molecule has 1 aliphatic rings. The summed E-state index contributed by atoms with van der Waals surface area (Å²) in [7, 11) is 0. The predicted molar refractivity (Wildman–Crippen MR) is 106 cm³/mol. The molecule has 6 nitrogen and oxygen atoms in total. The van der Waals surface area contributed by atoms with Crippen molar-refractivity contribution >= 4 is 22.9 Å². The van der Waals surface area contributed by atoms with Gasteiger partial charge >= 0.3 is 0 Å². The van der Waals surface area contributed by atoms with E-state index in [1.807, 2.05) is 18.2 Å². The number of aryl methyl sites for hydroxylation is 1. The first-order valence-corrected chi connectivity index (χ1v) is 9.76. The number of imidazole rings is 1. The molecule has 4 rings (SSSR count). The molecule has 3 aromatic rings. The Morgan fingerprint density at radius 1 is 1.22 bits per heavy atom. The second-order valence-corrected chi connectivity index (χ2v) is 7.11. The molecule has 1 fully saturated rings. The van der Waals surface area contributed by atoms with Gasteiger partial charge in [-0.15, -0.1) is 0 Å². The average Bonchev–Trinajstić information content (AvgIpc) is 3.35. The van der Waals surface area contributed by atoms with E-state index in [-0.39, 0.29) is 11.8 Å². The summed E-state index contributed by atoms with van der Waals surface area (Å²) in [6, 6.07) is 12.0. The number of anilines is 1. The van der Waals surface area contributed by atoms with Crippen LogP contribution in [-0.2, 0) is 17.9 Å². The van der Waals surface area contributed by atoms with Crippen LogP contribution < -0.4 is 10.2 Å². The number of piperidine rings is 1. The van der Waals surface area contributed by atoms with E-state index < -0.39 is 0 Å². The molecule has 0 unspecified atom stereocenters. The minimum atomic E-state index is 0.0558. The maximum absolute atomic E-state index is 12.5. The van der Waals surface area contributed by atoms with Crippen LogP contribution in [0.25, 0.3) is 11.0 Å². The Labute approximate surface area is 159 Å². The van der Waals surface area contributed by atoms with Crippen molar-refractivity contribution in [1.29, 1.82) is 0 Å². The number of nitrogens with one attached hydrogen (secondary N) is 1. The van der Waals surface area contributed by atoms with Crippen LogP contribution in [0.1, 0.15) is 31.9 Å². The molecule has 27 heavy (non-hydrogen) atoms. The molecule has 2 aromatic heterocycles. The zero-order valence-corrected chi connectivity index (χ0v) is 15.7. The van der Waals surface area contributed by atoms with E-state index in [4.69, 9.17) is 9.40 Å². The van der Waals surface area contributed by atoms with E-state index in [1.54, 1.807) is 6.26 Å². The molecular formula is C21H26N4O2. The summed E-state index contributed by atoms with van der Waals surface area (Å²) in [4.78, 5) is 19.7. The molecule has 1 N–H and O–H groups in total. The molecule has 142 valence electrons. The Morgan fingerprint density at radius 2 is 2.04 bits per heavy atom. The summed E-state index contributed by atoms with van der Waals surface area (Å²) in [5, 5.41) is 2.99. The molecule has 0 atom stereocenters. The predicted octanol–water partition coefficient (Wildman–Crippen LogP) is 3.57. The summed E-state index contributed by atoms with van der Waals surface area (Å²) in [5.41, 5.74) is 2.23. The van der Waals surface area contributed by atoms with Gasteiger partial charge in [0.05, 0.1) is 23.8 Å². The smallest absolute Gasteiger partial charge is 0.223 e. The minimum Gasteiger partial charge on any atom is -0.467 e. The number of nitrogens with zero attached hydrogens (tertiary/aromatic N) is 3. The van der Waals surface area contributed by atoms with E-state index >= 15 is 0 Å². The number of hydrogen-bond donors (Lipinski definition) is 1. The number of carbonyl (C=O) groups excluding carboxylic acids is 1. The van der Waals surface area contributed by atoms with Gasteiger partial charge in [0.25, 0.3) is 0 Å². The highest BCUT2D eigenvalue weighted by atomic mass is 16.3. The Morgan fingerprint density at radius 3 is 2.78 bits per heavy atom. The average molecular weight is 366 g/mol. The van der Waals surface area contributed by atoms with Gasteiger partial charge in [0, 0.05) is 25.6 Å². The fourth-order valence-electron chi connectivity index (χ4n) is 3.82. The second kappa shape index (κ2) is 7.86. The molecule has 0 bridgehead atoms. The second-order valence-electron chi connectivity index (χ2n) is 7.11. The van der Waals surface area contributed by atoms with Crippen molar-refractivity contribution < 1.29 is 9.21 Å². The zero-order chi connectivity index (χ0) is 18.6. The summed E-state index contributed by atoms with van der Waals surface area (Å²) in [6.45, 7) is 5.31. The van der Waals surface area contributed by atoms with Crippen molar-refractivity contribution in [2.45, 2.75) is 39.3 Å². The van der Waals surface area contributed by atoms with Crippen LogP contribution in [0.5, 0.6) is 0 Å². The van der Waals surface area contributed by atoms with Gasteiger partial charge < -0.3 is 19.2 Å². The van der Waals surface area contributed by atoms with E-state index in [9.17, 15) is 4.79 Å². The molecule has 0 aliphatic carbocycles. The van der Waals surface area contributed by atoms with Crippen LogP contribution in [-0.4, -0.2) is 28.5 Å². The number of benzene rings is 1. The van der Waals surface area contributed by atoms with Crippen molar-refractivity contribution in [3.05, 3.63) is 48.4 Å². The highest BCUT2D eigenvalue weighted by Gasteiger charge is 2.27. The van der Waals surface area contributed by atoms with Gasteiger partial charge in [0.15, 0.2) is 0 Å². The third-order valence-electron chi connectivity index (χ3n) is 5.25. The number of amides is 1. The number of furan rings is 1. The number of carbonyl (C=O) groups is 1. The molecular weight excluding hydrogens is 340 g/mol. The van der Waals surface area contributed by atoms with Crippen LogP contribution in [0.15, 0.2) is 47.1 Å². The van der Waals surface area contributed by atoms with Crippen LogP contribution in [0.3, 0.4) is 0 Å². The topological polar surface area (TPSA) is 63.3 Å². The maximum Gasteiger partial charge on any atom is 0.223 e. The third-order valence-corrected chi connectivity index (χ3v) is 5.25. The molecule has 1 aliphatic heterocycles. The first-order valence-electron chi connectivity index (χ1n) is 9.76. The lowest BCUT2D eigenvalue weighted by atomic mass is 9.96. The Hall–Kier alpha value is -2.76. The highest BCUT2D eigenvalue weighted by molar-refractivity contribution is 5.80. The number of rotatable bonds is 6. The van der Waals surface area contributed by atoms with Crippen LogP contribution in [0.2, 0.25) is 0 Å². The van der Waals surface area contributed by atoms with Crippen LogP contribution in [0.4, 0.5) is 5.95 Å². The van der Waals surface area contributed by atoms with E-state index in [1.165, 1.54) is 5.52 Å². The van der Waals surface area contributed by atoms with Gasteiger partial charge in [-0.3, -0.25) is 4.79 Å². The van der Waals surface area contributed by atoms with Gasteiger partial charge in [-0.1, -0.05) is 19.1 Å². The molecule has 3 heterocycles. The Balaban J connectivity index is 1.41. The summed E-state index contributed by atoms with van der Waals surface area (Å²) in [6.07, 6.45) is 4.39. The maximum atomic E-state index is 12.5. The van der Waals surface area contributed by atoms with Crippen LogP contribution >= 0.6 is 0 Å². The standard InChI is InChI=1S/C21H26N4O2/c1-2-11-25-19-8-4-3-7-18(19)23-21(25)24-12-9-16(10-13-24)20(26)22-15-17-6-5-14-27-17/h3-8,14,16H,2,9-13,15H2,1H3,(H,22,26). The SMILES string of the molecule is CCCn1c(N2CCC(C(=O)NCc3ccco3)CC2)nc2ccccc21. The quantitative estimate of drug-likeness (QED) is 0.724. The zero-order valence-electron chi connectivity index (χ0n) is 15.7. The van der Waals surface area contributed by atoms with Crippen molar-refractivity contribution in [2.75, 3.05) is 18.0 Å². The fourth-order valence-corrected chi connectivity index (χ4v) is 3.82. The summed E-state index contributed by atoms with van der Waals surface area (Å²) in [5.74, 6) is 2.00. The largest absolute Gasteiger partial charge is 0.467 e. The number of aromatic nitrogens is 2. The van der Waals surface area contributed by atoms with Crippen molar-refractivity contribution in [3.8, 4) is 0 Å². The molecule has 1 aromatic carbocycles. The van der Waals surface area contributed by atoms with Gasteiger partial charge in [-0.05, 0) is 43.5 Å². The van der Waals surface area contributed by atoms with Crippen molar-refractivity contribution in [3.63, 3.8) is 0 Å². The molecule has 0 radical (unpaired) electrons. The van der Waals surface area contributed by atoms with E-state index in [0.717, 1.165) is 56.1 Å². The third kappa shape index (κ3) is 3.70. The lowest BCUT2D eigenvalue weighted by molar-refractivity contribution is -0.125. The summed E-state index contributed by atoms with van der Waals surface area (Å²) < 4.78 is 7.59.